The van der Waals surface area contributed by atoms with Crippen molar-refractivity contribution in [2.75, 3.05) is 0 Å². The zero-order valence-corrected chi connectivity index (χ0v) is 21.7. The van der Waals surface area contributed by atoms with Gasteiger partial charge in [0.25, 0.3) is 5.91 Å². The number of hydrogen-bond acceptors (Lipinski definition) is 2. The Morgan fingerprint density at radius 3 is 2.58 bits per heavy atom. The lowest BCUT2D eigenvalue weighted by atomic mass is 9.74. The van der Waals surface area contributed by atoms with Gasteiger partial charge in [-0.05, 0) is 80.6 Å². The van der Waals surface area contributed by atoms with Crippen LogP contribution in [0.15, 0.2) is 47.0 Å². The highest BCUT2D eigenvalue weighted by atomic mass is 16.1. The third kappa shape index (κ3) is 6.43. The molecule has 33 heavy (non-hydrogen) atoms. The van der Waals surface area contributed by atoms with Crippen molar-refractivity contribution in [1.82, 2.24) is 0 Å². The fraction of sp³-hybridized carbons (Fsp3) is 0.467. The Morgan fingerprint density at radius 2 is 2.03 bits per heavy atom. The summed E-state index contributed by atoms with van der Waals surface area (Å²) in [5.41, 5.74) is 13.7. The van der Waals surface area contributed by atoms with Crippen LogP contribution in [0.5, 0.6) is 0 Å². The molecule has 0 spiro atoms. The van der Waals surface area contributed by atoms with Gasteiger partial charge in [-0.3, -0.25) is 9.79 Å². The molecule has 178 valence electrons. The Labute approximate surface area is 201 Å². The Balaban J connectivity index is 2.85. The van der Waals surface area contributed by atoms with Gasteiger partial charge in [0, 0.05) is 11.8 Å². The summed E-state index contributed by atoms with van der Waals surface area (Å²) in [5, 5.41) is 0. The van der Waals surface area contributed by atoms with Crippen molar-refractivity contribution in [3.63, 3.8) is 0 Å². The van der Waals surface area contributed by atoms with E-state index in [1.165, 1.54) is 16.7 Å². The molecule has 2 rings (SSSR count). The summed E-state index contributed by atoms with van der Waals surface area (Å²) >= 11 is 0. The molecule has 0 aromatic heterocycles. The van der Waals surface area contributed by atoms with Crippen molar-refractivity contribution >= 4 is 29.5 Å². The average molecular weight is 447 g/mol. The molecule has 2 N–H and O–H groups in total. The number of hydrogen-bond donors (Lipinski definition) is 1. The predicted octanol–water partition coefficient (Wildman–Crippen LogP) is 8.32. The Morgan fingerprint density at radius 1 is 1.33 bits per heavy atom. The second-order valence-corrected chi connectivity index (χ2v) is 10.1. The molecule has 0 radical (unpaired) electrons. The van der Waals surface area contributed by atoms with Gasteiger partial charge < -0.3 is 5.73 Å². The minimum atomic E-state index is -0.441. The Bertz CT molecular complexity index is 1010. The molecule has 3 nitrogen and oxygen atoms in total. The van der Waals surface area contributed by atoms with Crippen molar-refractivity contribution in [2.45, 2.75) is 86.0 Å². The van der Waals surface area contributed by atoms with Gasteiger partial charge in [-0.2, -0.15) is 0 Å². The highest BCUT2D eigenvalue weighted by Gasteiger charge is 2.30. The van der Waals surface area contributed by atoms with Crippen LogP contribution >= 0.6 is 0 Å². The van der Waals surface area contributed by atoms with Gasteiger partial charge in [-0.15, -0.1) is 0 Å². The molecule has 1 unspecified atom stereocenters. The quantitative estimate of drug-likeness (QED) is 0.285. The van der Waals surface area contributed by atoms with Crippen LogP contribution in [0.2, 0.25) is 0 Å². The zero-order valence-electron chi connectivity index (χ0n) is 21.7. The zero-order chi connectivity index (χ0) is 24.8. The van der Waals surface area contributed by atoms with Crippen LogP contribution in [0.25, 0.3) is 11.6 Å². The van der Waals surface area contributed by atoms with Crippen molar-refractivity contribution < 1.29 is 4.79 Å². The van der Waals surface area contributed by atoms with Crippen molar-refractivity contribution in [1.29, 1.82) is 0 Å². The van der Waals surface area contributed by atoms with E-state index in [1.807, 2.05) is 13.0 Å². The number of aliphatic imine (C=N–C) groups is 1. The van der Waals surface area contributed by atoms with Crippen LogP contribution in [-0.4, -0.2) is 12.1 Å². The van der Waals surface area contributed by atoms with Gasteiger partial charge in [0.05, 0.1) is 11.3 Å². The second-order valence-electron chi connectivity index (χ2n) is 10.1. The fourth-order valence-electron chi connectivity index (χ4n) is 4.80. The van der Waals surface area contributed by atoms with E-state index in [1.54, 1.807) is 6.21 Å². The number of carbonyl (C=O) groups is 1. The minimum Gasteiger partial charge on any atom is -0.366 e. The van der Waals surface area contributed by atoms with Crippen LogP contribution in [-0.2, 0) is 5.41 Å². The molecule has 1 amide bonds. The first-order valence-corrected chi connectivity index (χ1v) is 12.2. The summed E-state index contributed by atoms with van der Waals surface area (Å²) in [6, 6.07) is 2.18. The number of amides is 1. The average Bonchev–Trinajstić information content (AvgIpc) is 2.72. The molecule has 1 atom stereocenters. The number of carbonyl (C=O) groups excluding carboxylic acids is 1. The summed E-state index contributed by atoms with van der Waals surface area (Å²) in [6.07, 6.45) is 15.7. The standard InChI is InChI=1S/C30H42N2O/c1-9-13-22-16-21(6)17-23(18-22)25-19-26(30(7,8)15-12-14-20(4)5)27(29(31)33)28(32-11-3)24(25)10-2/h10-11,14,17-19,21H,2,9,12-13,15-16H2,1,3-8H3,(H2,31,33). The number of rotatable bonds is 10. The van der Waals surface area contributed by atoms with Crippen molar-refractivity contribution in [3.8, 4) is 0 Å². The van der Waals surface area contributed by atoms with Crippen molar-refractivity contribution in [2.24, 2.45) is 16.6 Å². The molecule has 1 aromatic carbocycles. The number of benzene rings is 1. The maximum Gasteiger partial charge on any atom is 0.251 e. The minimum absolute atomic E-state index is 0.250. The summed E-state index contributed by atoms with van der Waals surface area (Å²) in [5.74, 6) is 0.0241. The van der Waals surface area contributed by atoms with Gasteiger partial charge in [-0.25, -0.2) is 0 Å². The van der Waals surface area contributed by atoms with Crippen LogP contribution in [0.3, 0.4) is 0 Å². The first-order chi connectivity index (χ1) is 15.5. The van der Waals surface area contributed by atoms with E-state index in [0.717, 1.165) is 48.8 Å². The SMILES string of the molecule is C=Cc1c(C2=CC(C)CC(CCC)=C2)cc(C(C)(C)CCC=C(C)C)c(C(N)=O)c1N=CC. The first kappa shape index (κ1) is 26.6. The molecule has 1 aromatic rings. The molecule has 0 bridgehead atoms. The topological polar surface area (TPSA) is 55.5 Å². The smallest absolute Gasteiger partial charge is 0.251 e. The number of nitrogens with zero attached hydrogens (tertiary/aromatic N) is 1. The van der Waals surface area contributed by atoms with Gasteiger partial charge >= 0.3 is 0 Å². The van der Waals surface area contributed by atoms with Crippen LogP contribution in [0, 0.1) is 5.92 Å². The highest BCUT2D eigenvalue weighted by Crippen LogP contribution is 2.43. The predicted molar refractivity (Wildman–Crippen MR) is 145 cm³/mol. The monoisotopic (exact) mass is 446 g/mol. The lowest BCUT2D eigenvalue weighted by Gasteiger charge is -2.30. The van der Waals surface area contributed by atoms with E-state index in [4.69, 9.17) is 5.73 Å². The van der Waals surface area contributed by atoms with E-state index in [-0.39, 0.29) is 5.41 Å². The molecule has 0 aliphatic heterocycles. The molecule has 0 fully saturated rings. The van der Waals surface area contributed by atoms with E-state index in [0.29, 0.717) is 17.2 Å². The van der Waals surface area contributed by atoms with Crippen LogP contribution < -0.4 is 5.73 Å². The molecule has 0 heterocycles. The molecule has 0 saturated carbocycles. The van der Waals surface area contributed by atoms with E-state index in [2.05, 4.69) is 77.4 Å². The number of nitrogens with two attached hydrogens (primary N) is 1. The van der Waals surface area contributed by atoms with Gasteiger partial charge in [0.15, 0.2) is 0 Å². The van der Waals surface area contributed by atoms with Gasteiger partial charge in [-0.1, -0.05) is 76.1 Å². The lowest BCUT2D eigenvalue weighted by molar-refractivity contribution is 0.0998. The maximum absolute atomic E-state index is 12.8. The normalized spacial score (nSPS) is 16.4. The fourth-order valence-corrected chi connectivity index (χ4v) is 4.80. The molecule has 3 heteroatoms. The Hall–Kier alpha value is -2.68. The summed E-state index contributed by atoms with van der Waals surface area (Å²) in [4.78, 5) is 17.4. The summed E-state index contributed by atoms with van der Waals surface area (Å²) in [7, 11) is 0. The summed E-state index contributed by atoms with van der Waals surface area (Å²) < 4.78 is 0. The van der Waals surface area contributed by atoms with Crippen LogP contribution in [0.4, 0.5) is 5.69 Å². The molecular weight excluding hydrogens is 404 g/mol. The van der Waals surface area contributed by atoms with E-state index >= 15 is 0 Å². The maximum atomic E-state index is 12.8. The van der Waals surface area contributed by atoms with Crippen LogP contribution in [0.1, 0.15) is 108 Å². The summed E-state index contributed by atoms with van der Waals surface area (Å²) in [6.45, 7) is 19.1. The molecular formula is C30H42N2O. The van der Waals surface area contributed by atoms with Gasteiger partial charge in [0.2, 0.25) is 0 Å². The van der Waals surface area contributed by atoms with Crippen molar-refractivity contribution in [3.05, 3.63) is 64.3 Å². The van der Waals surface area contributed by atoms with E-state index in [9.17, 15) is 4.79 Å². The third-order valence-electron chi connectivity index (χ3n) is 6.39. The molecule has 1 aliphatic carbocycles. The third-order valence-corrected chi connectivity index (χ3v) is 6.39. The number of allylic oxidation sites excluding steroid dienone is 6. The molecule has 1 aliphatic rings. The Kier molecular flexibility index (Phi) is 9.22. The van der Waals surface area contributed by atoms with E-state index < -0.39 is 5.91 Å². The molecule has 0 saturated heterocycles. The first-order valence-electron chi connectivity index (χ1n) is 12.2. The second kappa shape index (κ2) is 11.4. The van der Waals surface area contributed by atoms with Gasteiger partial charge in [0.1, 0.15) is 0 Å². The lowest BCUT2D eigenvalue weighted by Crippen LogP contribution is -2.25. The largest absolute Gasteiger partial charge is 0.366 e. The highest BCUT2D eigenvalue weighted by molar-refractivity contribution is 6.04. The number of primary amides is 1.